The molecule has 1 nitrogen and oxygen atoms in total. The van der Waals surface area contributed by atoms with Gasteiger partial charge in [0.05, 0.1) is 5.69 Å². The first-order chi connectivity index (χ1) is 6.84. The van der Waals surface area contributed by atoms with E-state index in [1.807, 2.05) is 36.2 Å². The van der Waals surface area contributed by atoms with Crippen molar-refractivity contribution in [3.8, 4) is 0 Å². The summed E-state index contributed by atoms with van der Waals surface area (Å²) in [5.74, 6) is 2.43. The smallest absolute Gasteiger partial charge is 0.0531 e. The highest BCUT2D eigenvalue weighted by Crippen LogP contribution is 2.23. The second-order valence-corrected chi connectivity index (χ2v) is 5.02. The second kappa shape index (κ2) is 7.18. The lowest BCUT2D eigenvalue weighted by Crippen LogP contribution is -1.95. The molecule has 0 N–H and O–H groups in total. The average Bonchev–Trinajstić information content (AvgIpc) is 2.25. The largest absolute Gasteiger partial charge is 0.260 e. The zero-order chi connectivity index (χ0) is 10.2. The molecule has 78 valence electrons. The van der Waals surface area contributed by atoms with E-state index in [2.05, 4.69) is 24.5 Å². The van der Waals surface area contributed by atoms with Crippen LogP contribution in [0.1, 0.15) is 30.7 Å². The van der Waals surface area contributed by atoms with Gasteiger partial charge in [-0.2, -0.15) is 24.4 Å². The second-order valence-electron chi connectivity index (χ2n) is 3.17. The van der Waals surface area contributed by atoms with E-state index in [1.54, 1.807) is 0 Å². The third kappa shape index (κ3) is 4.38. The van der Waals surface area contributed by atoms with Crippen molar-refractivity contribution in [2.24, 2.45) is 0 Å². The van der Waals surface area contributed by atoms with Crippen molar-refractivity contribution >= 4 is 24.4 Å². The molecule has 0 bridgehead atoms. The minimum absolute atomic E-state index is 0.292. The molecule has 0 amide bonds. The molecule has 0 spiro atoms. The third-order valence-electron chi connectivity index (χ3n) is 1.91. The molecule has 1 unspecified atom stereocenters. The van der Waals surface area contributed by atoms with Gasteiger partial charge in [0.2, 0.25) is 0 Å². The normalized spacial score (nSPS) is 12.7. The van der Waals surface area contributed by atoms with Crippen LogP contribution in [-0.4, -0.2) is 16.5 Å². The fourth-order valence-corrected chi connectivity index (χ4v) is 2.51. The Morgan fingerprint density at radius 3 is 2.93 bits per heavy atom. The molecule has 3 heteroatoms. The molecule has 1 aromatic heterocycles. The Hall–Kier alpha value is -0.150. The molecule has 14 heavy (non-hydrogen) atoms. The van der Waals surface area contributed by atoms with E-state index in [9.17, 15) is 0 Å². The number of hydrogen-bond donors (Lipinski definition) is 1. The topological polar surface area (TPSA) is 12.9 Å². The lowest BCUT2D eigenvalue weighted by molar-refractivity contribution is 0.873. The molecule has 0 aliphatic heterocycles. The summed E-state index contributed by atoms with van der Waals surface area (Å²) < 4.78 is 0. The highest BCUT2D eigenvalue weighted by atomic mass is 32.2. The predicted molar refractivity (Wildman–Crippen MR) is 68.2 cm³/mol. The summed E-state index contributed by atoms with van der Waals surface area (Å²) in [4.78, 5) is 4.29. The van der Waals surface area contributed by atoms with Gasteiger partial charge in [0, 0.05) is 11.4 Å². The number of pyridine rings is 1. The van der Waals surface area contributed by atoms with Crippen LogP contribution in [0.5, 0.6) is 0 Å². The van der Waals surface area contributed by atoms with Crippen LogP contribution < -0.4 is 0 Å². The van der Waals surface area contributed by atoms with Gasteiger partial charge >= 0.3 is 0 Å². The summed E-state index contributed by atoms with van der Waals surface area (Å²) in [6.07, 6.45) is 4.19. The van der Waals surface area contributed by atoms with E-state index >= 15 is 0 Å². The van der Waals surface area contributed by atoms with Crippen molar-refractivity contribution in [2.45, 2.75) is 25.0 Å². The van der Waals surface area contributed by atoms with Crippen molar-refractivity contribution in [1.29, 1.82) is 0 Å². The highest BCUT2D eigenvalue weighted by molar-refractivity contribution is 7.99. The molecule has 1 aromatic rings. The van der Waals surface area contributed by atoms with Crippen LogP contribution in [0.3, 0.4) is 0 Å². The summed E-state index contributed by atoms with van der Waals surface area (Å²) >= 11 is 6.55. The van der Waals surface area contributed by atoms with Crippen molar-refractivity contribution < 1.29 is 0 Å². The van der Waals surface area contributed by atoms with E-state index in [-0.39, 0.29) is 0 Å². The van der Waals surface area contributed by atoms with E-state index in [4.69, 9.17) is 0 Å². The van der Waals surface area contributed by atoms with Crippen molar-refractivity contribution in [3.63, 3.8) is 0 Å². The minimum atomic E-state index is 0.292. The van der Waals surface area contributed by atoms with E-state index in [1.165, 1.54) is 17.9 Å². The van der Waals surface area contributed by atoms with Crippen LogP contribution in [-0.2, 0) is 0 Å². The summed E-state index contributed by atoms with van der Waals surface area (Å²) in [5.41, 5.74) is 1.09. The zero-order valence-electron chi connectivity index (χ0n) is 8.52. The van der Waals surface area contributed by atoms with E-state index < -0.39 is 0 Å². The van der Waals surface area contributed by atoms with Crippen molar-refractivity contribution in [1.82, 2.24) is 4.98 Å². The quantitative estimate of drug-likeness (QED) is 0.589. The van der Waals surface area contributed by atoms with Gasteiger partial charge < -0.3 is 0 Å². The maximum Gasteiger partial charge on any atom is 0.0531 e. The lowest BCUT2D eigenvalue weighted by atomic mass is 10.2. The fourth-order valence-electron chi connectivity index (χ4n) is 1.16. The van der Waals surface area contributed by atoms with Crippen LogP contribution in [0.25, 0.3) is 0 Å². The molecule has 0 saturated carbocycles. The summed E-state index contributed by atoms with van der Waals surface area (Å²) in [7, 11) is 0. The van der Waals surface area contributed by atoms with E-state index in [0.29, 0.717) is 5.25 Å². The van der Waals surface area contributed by atoms with Gasteiger partial charge in [-0.25, -0.2) is 0 Å². The molecule has 1 rings (SSSR count). The average molecular weight is 227 g/mol. The third-order valence-corrected chi connectivity index (χ3v) is 3.66. The predicted octanol–water partition coefficient (Wildman–Crippen LogP) is 3.59. The molecule has 0 aliphatic carbocycles. The molecule has 1 heterocycles. The number of nitrogens with zero attached hydrogens (tertiary/aromatic N) is 1. The number of aromatic nitrogens is 1. The van der Waals surface area contributed by atoms with Crippen LogP contribution in [0.4, 0.5) is 0 Å². The van der Waals surface area contributed by atoms with Crippen LogP contribution >= 0.6 is 24.4 Å². The number of rotatable bonds is 6. The van der Waals surface area contributed by atoms with Gasteiger partial charge in [-0.1, -0.05) is 13.0 Å². The Bertz CT molecular complexity index is 238. The number of hydrogen-bond acceptors (Lipinski definition) is 3. The van der Waals surface area contributed by atoms with Gasteiger partial charge in [-0.15, -0.1) is 0 Å². The van der Waals surface area contributed by atoms with Gasteiger partial charge in [0.25, 0.3) is 0 Å². The molecule has 0 aromatic carbocycles. The maximum absolute atomic E-state index is 4.55. The lowest BCUT2D eigenvalue weighted by Gasteiger charge is -2.08. The van der Waals surface area contributed by atoms with Gasteiger partial charge in [-0.05, 0) is 36.5 Å². The first kappa shape index (κ1) is 11.9. The zero-order valence-corrected chi connectivity index (χ0v) is 10.2. The van der Waals surface area contributed by atoms with Crippen molar-refractivity contribution in [2.75, 3.05) is 11.5 Å². The Morgan fingerprint density at radius 1 is 1.43 bits per heavy atom. The molecule has 1 atom stereocenters. The first-order valence-corrected chi connectivity index (χ1v) is 6.68. The molecular weight excluding hydrogens is 210 g/mol. The Balaban J connectivity index is 2.25. The summed E-state index contributed by atoms with van der Waals surface area (Å²) in [6, 6.07) is 6.00. The molecule has 0 radical (unpaired) electrons. The van der Waals surface area contributed by atoms with Crippen LogP contribution in [0, 0.1) is 0 Å². The number of thioether (sulfide) groups is 1. The van der Waals surface area contributed by atoms with Gasteiger partial charge in [-0.3, -0.25) is 4.98 Å². The summed E-state index contributed by atoms with van der Waals surface area (Å²) in [5, 5.41) is 0.292. The Kier molecular flexibility index (Phi) is 6.12. The monoisotopic (exact) mass is 227 g/mol. The molecular formula is C11H17NS2. The molecule has 0 saturated heterocycles. The molecule has 0 aliphatic rings. The first-order valence-electron chi connectivity index (χ1n) is 5.01. The standard InChI is InChI=1S/C11H17NS2/c1-2-8-14-9-6-11(13)10-5-3-4-7-12-10/h3-5,7,11,13H,2,6,8-9H2,1H3. The maximum atomic E-state index is 4.55. The Morgan fingerprint density at radius 2 is 2.29 bits per heavy atom. The SMILES string of the molecule is CCCSCCC(S)c1ccccn1. The van der Waals surface area contributed by atoms with E-state index in [0.717, 1.165) is 12.1 Å². The Labute approximate surface area is 96.1 Å². The van der Waals surface area contributed by atoms with Crippen molar-refractivity contribution in [3.05, 3.63) is 30.1 Å². The highest BCUT2D eigenvalue weighted by Gasteiger charge is 2.06. The molecule has 0 fully saturated rings. The summed E-state index contributed by atoms with van der Waals surface area (Å²) in [6.45, 7) is 2.21. The van der Waals surface area contributed by atoms with Gasteiger partial charge in [0.1, 0.15) is 0 Å². The number of thiol groups is 1. The van der Waals surface area contributed by atoms with Gasteiger partial charge in [0.15, 0.2) is 0 Å². The van der Waals surface area contributed by atoms with Crippen LogP contribution in [0.15, 0.2) is 24.4 Å². The fraction of sp³-hybridized carbons (Fsp3) is 0.545. The van der Waals surface area contributed by atoms with Crippen LogP contribution in [0.2, 0.25) is 0 Å². The minimum Gasteiger partial charge on any atom is -0.260 e.